The third-order valence-corrected chi connectivity index (χ3v) is 6.55. The molecule has 1 aliphatic rings. The molecule has 0 unspecified atom stereocenters. The second-order valence-electron chi connectivity index (χ2n) is 9.67. The van der Waals surface area contributed by atoms with Gasteiger partial charge in [-0.2, -0.15) is 0 Å². The number of hydrogen-bond donors (Lipinski definition) is 1. The Morgan fingerprint density at radius 3 is 2.37 bits per heavy atom. The van der Waals surface area contributed by atoms with Crippen LogP contribution in [0.1, 0.15) is 55.8 Å². The smallest absolute Gasteiger partial charge is 0.295 e. The number of likely N-dealkylation sites (tertiary alicyclic amines) is 1. The maximum atomic E-state index is 13.4. The molecule has 38 heavy (non-hydrogen) atoms. The van der Waals surface area contributed by atoms with Crippen molar-refractivity contribution < 1.29 is 28.9 Å². The van der Waals surface area contributed by atoms with Crippen LogP contribution in [0.2, 0.25) is 0 Å². The third-order valence-electron chi connectivity index (χ3n) is 6.55. The normalized spacial score (nSPS) is 16.8. The number of Topliss-reactive ketones (excluding diaryl/α,β-unsaturated/α-hetero) is 1. The molecule has 1 fully saturated rings. The molecule has 0 bridgehead atoms. The minimum absolute atomic E-state index is 0.0603. The van der Waals surface area contributed by atoms with Crippen LogP contribution in [0.4, 0.5) is 0 Å². The molecule has 1 heterocycles. The SMILES string of the molecule is CCCCOc1ccc(/C(O)=C2\C(=O)C(=O)N(CCCN(C)C)[C@@H]2c2ccc(OCC)c(OC)c2)cc1C. The van der Waals surface area contributed by atoms with E-state index in [1.807, 2.05) is 38.9 Å². The van der Waals surface area contributed by atoms with Gasteiger partial charge < -0.3 is 29.1 Å². The van der Waals surface area contributed by atoms with Crippen LogP contribution in [0.5, 0.6) is 17.2 Å². The van der Waals surface area contributed by atoms with E-state index < -0.39 is 17.7 Å². The molecule has 8 heteroatoms. The Morgan fingerprint density at radius 2 is 1.74 bits per heavy atom. The number of hydrogen-bond acceptors (Lipinski definition) is 7. The first kappa shape index (κ1) is 29.0. The minimum atomic E-state index is -0.762. The number of ketones is 1. The Labute approximate surface area is 225 Å². The van der Waals surface area contributed by atoms with E-state index in [4.69, 9.17) is 14.2 Å². The van der Waals surface area contributed by atoms with Crippen molar-refractivity contribution in [1.29, 1.82) is 0 Å². The summed E-state index contributed by atoms with van der Waals surface area (Å²) in [4.78, 5) is 30.2. The van der Waals surface area contributed by atoms with Gasteiger partial charge in [0.25, 0.3) is 11.7 Å². The van der Waals surface area contributed by atoms with E-state index in [9.17, 15) is 14.7 Å². The van der Waals surface area contributed by atoms with Crippen molar-refractivity contribution in [2.75, 3.05) is 47.5 Å². The largest absolute Gasteiger partial charge is 0.507 e. The minimum Gasteiger partial charge on any atom is -0.507 e. The van der Waals surface area contributed by atoms with E-state index in [0.29, 0.717) is 48.8 Å². The van der Waals surface area contributed by atoms with Gasteiger partial charge in [-0.3, -0.25) is 9.59 Å². The highest BCUT2D eigenvalue weighted by atomic mass is 16.5. The molecule has 2 aromatic carbocycles. The average molecular weight is 525 g/mol. The first-order chi connectivity index (χ1) is 18.2. The summed E-state index contributed by atoms with van der Waals surface area (Å²) in [5, 5.41) is 11.4. The summed E-state index contributed by atoms with van der Waals surface area (Å²) < 4.78 is 17.0. The van der Waals surface area contributed by atoms with Crippen molar-refractivity contribution in [2.45, 2.75) is 46.1 Å². The van der Waals surface area contributed by atoms with Gasteiger partial charge in [0.2, 0.25) is 0 Å². The summed E-state index contributed by atoms with van der Waals surface area (Å²) in [5.41, 5.74) is 2.02. The van der Waals surface area contributed by atoms with Gasteiger partial charge in [0, 0.05) is 12.1 Å². The van der Waals surface area contributed by atoms with Crippen molar-refractivity contribution in [3.63, 3.8) is 0 Å². The summed E-state index contributed by atoms with van der Waals surface area (Å²) in [6.45, 7) is 8.08. The molecule has 1 atom stereocenters. The van der Waals surface area contributed by atoms with Crippen LogP contribution in [0, 0.1) is 6.92 Å². The number of aliphatic hydroxyl groups is 1. The Hall–Kier alpha value is -3.52. The van der Waals surface area contributed by atoms with Crippen LogP contribution in [-0.4, -0.2) is 74.1 Å². The number of rotatable bonds is 13. The predicted molar refractivity (Wildman–Crippen MR) is 148 cm³/mol. The van der Waals surface area contributed by atoms with Crippen LogP contribution in [0.3, 0.4) is 0 Å². The van der Waals surface area contributed by atoms with E-state index in [2.05, 4.69) is 6.92 Å². The number of aryl methyl sites for hydroxylation is 1. The number of methoxy groups -OCH3 is 1. The maximum Gasteiger partial charge on any atom is 0.295 e. The van der Waals surface area contributed by atoms with Gasteiger partial charge in [0.15, 0.2) is 11.5 Å². The molecule has 1 amide bonds. The van der Waals surface area contributed by atoms with Crippen LogP contribution < -0.4 is 14.2 Å². The molecule has 1 aliphatic heterocycles. The molecule has 2 aromatic rings. The molecule has 1 saturated heterocycles. The number of benzene rings is 2. The highest BCUT2D eigenvalue weighted by molar-refractivity contribution is 6.46. The monoisotopic (exact) mass is 524 g/mol. The Bertz CT molecular complexity index is 1170. The van der Waals surface area contributed by atoms with Gasteiger partial charge in [-0.25, -0.2) is 0 Å². The molecule has 1 N–H and O–H groups in total. The first-order valence-electron chi connectivity index (χ1n) is 13.2. The van der Waals surface area contributed by atoms with Crippen molar-refractivity contribution in [3.05, 3.63) is 58.7 Å². The Morgan fingerprint density at radius 1 is 1.00 bits per heavy atom. The fraction of sp³-hybridized carbons (Fsp3) is 0.467. The molecule has 0 radical (unpaired) electrons. The number of carbonyl (C=O) groups is 2. The molecule has 0 aliphatic carbocycles. The molecular formula is C30H40N2O6. The van der Waals surface area contributed by atoms with Gasteiger partial charge in [-0.1, -0.05) is 19.4 Å². The summed E-state index contributed by atoms with van der Waals surface area (Å²) in [7, 11) is 5.46. The van der Waals surface area contributed by atoms with Crippen molar-refractivity contribution in [3.8, 4) is 17.2 Å². The Balaban J connectivity index is 2.09. The molecule has 0 spiro atoms. The van der Waals surface area contributed by atoms with E-state index in [-0.39, 0.29) is 11.3 Å². The second-order valence-corrected chi connectivity index (χ2v) is 9.67. The molecule has 8 nitrogen and oxygen atoms in total. The van der Waals surface area contributed by atoms with Gasteiger partial charge in [-0.05, 0) is 88.8 Å². The van der Waals surface area contributed by atoms with Gasteiger partial charge >= 0.3 is 0 Å². The quantitative estimate of drug-likeness (QED) is 0.172. The van der Waals surface area contributed by atoms with Crippen LogP contribution in [0.25, 0.3) is 5.76 Å². The molecule has 0 saturated carbocycles. The zero-order valence-corrected chi connectivity index (χ0v) is 23.4. The van der Waals surface area contributed by atoms with E-state index in [1.54, 1.807) is 42.3 Å². The fourth-order valence-electron chi connectivity index (χ4n) is 4.58. The zero-order valence-electron chi connectivity index (χ0n) is 23.4. The molecular weight excluding hydrogens is 484 g/mol. The number of amides is 1. The van der Waals surface area contributed by atoms with Gasteiger partial charge in [0.05, 0.1) is 31.9 Å². The lowest BCUT2D eigenvalue weighted by molar-refractivity contribution is -0.139. The van der Waals surface area contributed by atoms with Crippen LogP contribution in [-0.2, 0) is 9.59 Å². The van der Waals surface area contributed by atoms with Gasteiger partial charge in [-0.15, -0.1) is 0 Å². The Kier molecular flexibility index (Phi) is 10.2. The first-order valence-corrected chi connectivity index (χ1v) is 13.2. The van der Waals surface area contributed by atoms with Crippen molar-refractivity contribution >= 4 is 17.4 Å². The van der Waals surface area contributed by atoms with E-state index in [1.165, 1.54) is 0 Å². The average Bonchev–Trinajstić information content (AvgIpc) is 3.14. The van der Waals surface area contributed by atoms with Crippen molar-refractivity contribution in [2.24, 2.45) is 0 Å². The lowest BCUT2D eigenvalue weighted by Gasteiger charge is -2.26. The summed E-state index contributed by atoms with van der Waals surface area (Å²) in [5.74, 6) is 0.252. The van der Waals surface area contributed by atoms with Crippen LogP contribution in [0.15, 0.2) is 42.0 Å². The summed E-state index contributed by atoms with van der Waals surface area (Å²) in [6.07, 6.45) is 2.65. The second kappa shape index (κ2) is 13.3. The maximum absolute atomic E-state index is 13.4. The van der Waals surface area contributed by atoms with E-state index >= 15 is 0 Å². The molecule has 0 aromatic heterocycles. The predicted octanol–water partition coefficient (Wildman–Crippen LogP) is 4.95. The number of ether oxygens (including phenoxy) is 3. The third kappa shape index (κ3) is 6.48. The highest BCUT2D eigenvalue weighted by Gasteiger charge is 2.46. The summed E-state index contributed by atoms with van der Waals surface area (Å²) >= 11 is 0. The van der Waals surface area contributed by atoms with Crippen LogP contribution >= 0.6 is 0 Å². The van der Waals surface area contributed by atoms with Gasteiger partial charge in [0.1, 0.15) is 11.5 Å². The molecule has 3 rings (SSSR count). The topological polar surface area (TPSA) is 88.5 Å². The zero-order chi connectivity index (χ0) is 27.8. The number of unbranched alkanes of at least 4 members (excludes halogenated alkanes) is 1. The number of aliphatic hydroxyl groups excluding tert-OH is 1. The number of nitrogens with zero attached hydrogens (tertiary/aromatic N) is 2. The lowest BCUT2D eigenvalue weighted by atomic mass is 9.94. The lowest BCUT2D eigenvalue weighted by Crippen LogP contribution is -2.32. The van der Waals surface area contributed by atoms with E-state index in [0.717, 1.165) is 30.7 Å². The van der Waals surface area contributed by atoms with Crippen molar-refractivity contribution in [1.82, 2.24) is 9.80 Å². The highest BCUT2D eigenvalue weighted by Crippen LogP contribution is 2.42. The molecule has 206 valence electrons. The standard InChI is InChI=1S/C30H40N2O6/c1-7-9-17-38-23-13-12-22(18-20(23)3)28(33)26-27(21-11-14-24(37-8-2)25(19-21)36-6)32(30(35)29(26)34)16-10-15-31(4)5/h11-14,18-19,27,33H,7-10,15-17H2,1-6H3/b28-26+/t27-/m1/s1. The fourth-order valence-corrected chi connectivity index (χ4v) is 4.58. The summed E-state index contributed by atoms with van der Waals surface area (Å²) in [6, 6.07) is 9.88. The number of carbonyl (C=O) groups excluding carboxylic acids is 2.